The Labute approximate surface area is 226 Å². The summed E-state index contributed by atoms with van der Waals surface area (Å²) in [6, 6.07) is 4.50. The topological polar surface area (TPSA) is 122 Å². The van der Waals surface area contributed by atoms with Crippen LogP contribution >= 0.6 is 0 Å². The van der Waals surface area contributed by atoms with Gasteiger partial charge in [-0.3, -0.25) is 24.1 Å². The summed E-state index contributed by atoms with van der Waals surface area (Å²) < 4.78 is 10.7. The van der Waals surface area contributed by atoms with Crippen LogP contribution in [-0.2, 0) is 30.5 Å². The minimum absolute atomic E-state index is 0.0226. The van der Waals surface area contributed by atoms with Crippen LogP contribution in [0.15, 0.2) is 18.2 Å². The van der Waals surface area contributed by atoms with E-state index in [1.165, 1.54) is 0 Å². The number of esters is 1. The average Bonchev–Trinajstić information content (AvgIpc) is 2.87. The van der Waals surface area contributed by atoms with Crippen molar-refractivity contribution in [1.29, 1.82) is 0 Å². The molecule has 1 aromatic rings. The van der Waals surface area contributed by atoms with Crippen molar-refractivity contribution in [3.63, 3.8) is 0 Å². The number of nitrogens with zero attached hydrogens (tertiary/aromatic N) is 2. The second-order valence-electron chi connectivity index (χ2n) is 10.4. The summed E-state index contributed by atoms with van der Waals surface area (Å²) >= 11 is 0. The smallest absolute Gasteiger partial charge is 0.309 e. The Balaban J connectivity index is 0.000000437. The molecule has 0 saturated carbocycles. The zero-order valence-electron chi connectivity index (χ0n) is 23.5. The van der Waals surface area contributed by atoms with Gasteiger partial charge in [0.05, 0.1) is 12.0 Å². The van der Waals surface area contributed by atoms with Crippen molar-refractivity contribution in [1.82, 2.24) is 15.1 Å². The van der Waals surface area contributed by atoms with Gasteiger partial charge >= 0.3 is 5.97 Å². The Morgan fingerprint density at radius 2 is 1.84 bits per heavy atom. The van der Waals surface area contributed by atoms with Gasteiger partial charge < -0.3 is 24.5 Å². The van der Waals surface area contributed by atoms with Gasteiger partial charge in [0.25, 0.3) is 0 Å². The molecule has 1 aliphatic heterocycles. The molecule has 0 aromatic heterocycles. The Morgan fingerprint density at radius 3 is 2.37 bits per heavy atom. The normalized spacial score (nSPS) is 15.0. The van der Waals surface area contributed by atoms with Crippen molar-refractivity contribution in [2.24, 2.45) is 5.92 Å². The summed E-state index contributed by atoms with van der Waals surface area (Å²) in [5.41, 5.74) is 0.685. The van der Waals surface area contributed by atoms with E-state index in [9.17, 15) is 24.0 Å². The van der Waals surface area contributed by atoms with Crippen molar-refractivity contribution >= 4 is 30.7 Å². The van der Waals surface area contributed by atoms with Crippen molar-refractivity contribution in [3.05, 3.63) is 29.3 Å². The van der Waals surface area contributed by atoms with Gasteiger partial charge in [-0.25, -0.2) is 0 Å². The van der Waals surface area contributed by atoms with Gasteiger partial charge in [-0.15, -0.1) is 0 Å². The number of piperidine rings is 1. The number of nitrogens with one attached hydrogen (secondary N) is 1. The third-order valence-corrected chi connectivity index (χ3v) is 6.14. The number of amides is 1. The minimum atomic E-state index is -0.471. The molecular weight excluding hydrogens is 490 g/mol. The highest BCUT2D eigenvalue weighted by molar-refractivity contribution is 5.79. The molecular formula is C28H43N3O7. The van der Waals surface area contributed by atoms with Crippen molar-refractivity contribution in [2.75, 3.05) is 40.8 Å². The Bertz CT molecular complexity index is 922. The van der Waals surface area contributed by atoms with E-state index < -0.39 is 6.04 Å². The molecule has 0 aliphatic carbocycles. The summed E-state index contributed by atoms with van der Waals surface area (Å²) in [5, 5.41) is 2.51. The van der Waals surface area contributed by atoms with Crippen LogP contribution in [-0.4, -0.2) is 93.0 Å². The molecule has 0 spiro atoms. The van der Waals surface area contributed by atoms with Crippen LogP contribution in [0.3, 0.4) is 0 Å². The number of likely N-dealkylation sites (tertiary alicyclic amines) is 1. The van der Waals surface area contributed by atoms with Crippen molar-refractivity contribution < 1.29 is 33.4 Å². The molecule has 1 N–H and O–H groups in total. The second kappa shape index (κ2) is 16.7. The number of carbonyl (C=O) groups is 5. The molecule has 1 heterocycles. The van der Waals surface area contributed by atoms with Crippen LogP contribution in [0.5, 0.6) is 5.75 Å². The fourth-order valence-corrected chi connectivity index (χ4v) is 3.91. The second-order valence-corrected chi connectivity index (χ2v) is 10.4. The Hall–Kier alpha value is -3.11. The molecule has 0 radical (unpaired) electrons. The lowest BCUT2D eigenvalue weighted by molar-refractivity contribution is -0.161. The molecule has 1 aliphatic rings. The van der Waals surface area contributed by atoms with E-state index in [2.05, 4.69) is 17.3 Å². The highest BCUT2D eigenvalue weighted by Crippen LogP contribution is 2.24. The van der Waals surface area contributed by atoms with Gasteiger partial charge in [-0.05, 0) is 73.3 Å². The summed E-state index contributed by atoms with van der Waals surface area (Å²) in [7, 11) is 5.36. The molecule has 1 atom stereocenters. The van der Waals surface area contributed by atoms with E-state index in [1.54, 1.807) is 37.2 Å². The molecule has 1 unspecified atom stereocenters. The van der Waals surface area contributed by atoms with Crippen LogP contribution < -0.4 is 10.1 Å². The highest BCUT2D eigenvalue weighted by atomic mass is 16.6. The highest BCUT2D eigenvalue weighted by Gasteiger charge is 2.27. The summed E-state index contributed by atoms with van der Waals surface area (Å²) in [6.45, 7) is 7.92. The van der Waals surface area contributed by atoms with E-state index in [1.807, 2.05) is 20.8 Å². The third kappa shape index (κ3) is 12.0. The number of hydrogen-bond donors (Lipinski definition) is 1. The van der Waals surface area contributed by atoms with Crippen LogP contribution in [0.2, 0.25) is 0 Å². The minimum Gasteiger partial charge on any atom is -0.486 e. The first-order valence-corrected chi connectivity index (χ1v) is 12.9. The van der Waals surface area contributed by atoms with Gasteiger partial charge in [0.2, 0.25) is 5.91 Å². The van der Waals surface area contributed by atoms with E-state index >= 15 is 0 Å². The van der Waals surface area contributed by atoms with Gasteiger partial charge in [-0.1, -0.05) is 12.1 Å². The van der Waals surface area contributed by atoms with Crippen LogP contribution in [0.4, 0.5) is 0 Å². The van der Waals surface area contributed by atoms with Gasteiger partial charge in [0.15, 0.2) is 12.6 Å². The quantitative estimate of drug-likeness (QED) is 0.318. The third-order valence-electron chi connectivity index (χ3n) is 6.14. The Morgan fingerprint density at radius 1 is 1.18 bits per heavy atom. The summed E-state index contributed by atoms with van der Waals surface area (Å²) in [4.78, 5) is 60.1. The van der Waals surface area contributed by atoms with Crippen LogP contribution in [0.25, 0.3) is 0 Å². The number of carbonyl (C=O) groups excluding carboxylic acids is 5. The maximum absolute atomic E-state index is 11.7. The van der Waals surface area contributed by atoms with Crippen LogP contribution in [0.1, 0.15) is 62.4 Å². The lowest BCUT2D eigenvalue weighted by atomic mass is 9.97. The Kier molecular flexibility index (Phi) is 14.4. The van der Waals surface area contributed by atoms with E-state index in [-0.39, 0.29) is 43.0 Å². The SMILES string of the molecule is CN1CCC(C(=O)OC(C)(C)C)CC1.CNC(=O)CCC(C=O)N(C)Cc1c(C=O)cccc1OCC=O. The zero-order valence-corrected chi connectivity index (χ0v) is 23.5. The summed E-state index contributed by atoms with van der Waals surface area (Å²) in [6.07, 6.45) is 4.58. The molecule has 38 heavy (non-hydrogen) atoms. The first kappa shape index (κ1) is 32.9. The molecule has 1 saturated heterocycles. The van der Waals surface area contributed by atoms with Crippen molar-refractivity contribution in [3.8, 4) is 5.75 Å². The number of benzene rings is 1. The molecule has 1 fully saturated rings. The van der Waals surface area contributed by atoms with Gasteiger partial charge in [0.1, 0.15) is 24.2 Å². The average molecular weight is 534 g/mol. The largest absolute Gasteiger partial charge is 0.486 e. The molecule has 1 amide bonds. The predicted octanol–water partition coefficient (Wildman–Crippen LogP) is 2.27. The molecule has 1 aromatic carbocycles. The molecule has 212 valence electrons. The zero-order chi connectivity index (χ0) is 28.7. The first-order chi connectivity index (χ1) is 17.9. The number of hydrogen-bond acceptors (Lipinski definition) is 9. The molecule has 10 heteroatoms. The van der Waals surface area contributed by atoms with E-state index in [4.69, 9.17) is 9.47 Å². The fraction of sp³-hybridized carbons (Fsp3) is 0.607. The molecule has 10 nitrogen and oxygen atoms in total. The van der Waals surface area contributed by atoms with Crippen LogP contribution in [0, 0.1) is 5.92 Å². The standard InChI is InChI=1S/C17H22N2O5.C11H21NO2/c1-18-17(23)7-6-14(12-22)19(2)10-15-13(11-21)4-3-5-16(15)24-9-8-20;1-11(2,3)14-10(13)9-5-7-12(4)8-6-9/h3-5,8,11-12,14H,6-7,9-10H2,1-2H3,(H,18,23);9H,5-8H2,1-4H3. The lowest BCUT2D eigenvalue weighted by Crippen LogP contribution is -2.36. The number of likely N-dealkylation sites (N-methyl/N-ethyl adjacent to an activating group) is 1. The predicted molar refractivity (Wildman–Crippen MR) is 144 cm³/mol. The van der Waals surface area contributed by atoms with E-state index in [0.29, 0.717) is 35.9 Å². The van der Waals surface area contributed by atoms with Gasteiger partial charge in [-0.2, -0.15) is 0 Å². The molecule has 2 rings (SSSR count). The fourth-order valence-electron chi connectivity index (χ4n) is 3.91. The summed E-state index contributed by atoms with van der Waals surface area (Å²) in [5.74, 6) is 0.379. The first-order valence-electron chi connectivity index (χ1n) is 12.9. The number of rotatable bonds is 12. The van der Waals surface area contributed by atoms with E-state index in [0.717, 1.165) is 32.2 Å². The monoisotopic (exact) mass is 533 g/mol. The maximum atomic E-state index is 11.7. The van der Waals surface area contributed by atoms with Crippen molar-refractivity contribution in [2.45, 2.75) is 64.6 Å². The lowest BCUT2D eigenvalue weighted by Gasteiger charge is -2.30. The molecule has 0 bridgehead atoms. The maximum Gasteiger partial charge on any atom is 0.309 e. The van der Waals surface area contributed by atoms with Gasteiger partial charge in [0, 0.05) is 31.1 Å². The number of aldehydes is 3. The number of ether oxygens (including phenoxy) is 2.